The number of thiazole rings is 1. The SMILES string of the molecule is Cc1ccc2nc(C3(N)CCC3)sc2c1. The number of nitrogens with two attached hydrogens (primary N) is 1. The van der Waals surface area contributed by atoms with Crippen molar-refractivity contribution < 1.29 is 0 Å². The molecule has 0 radical (unpaired) electrons. The molecule has 2 nitrogen and oxygen atoms in total. The fraction of sp³-hybridized carbons (Fsp3) is 0.417. The van der Waals surface area contributed by atoms with Gasteiger partial charge in [-0.1, -0.05) is 6.07 Å². The van der Waals surface area contributed by atoms with E-state index in [0.29, 0.717) is 0 Å². The third-order valence-electron chi connectivity index (χ3n) is 3.22. The Morgan fingerprint density at radius 1 is 1.40 bits per heavy atom. The molecule has 78 valence electrons. The van der Waals surface area contributed by atoms with Gasteiger partial charge in [0.15, 0.2) is 0 Å². The molecule has 2 aromatic rings. The molecule has 3 heteroatoms. The van der Waals surface area contributed by atoms with Crippen LogP contribution in [-0.2, 0) is 5.54 Å². The molecule has 0 spiro atoms. The minimum Gasteiger partial charge on any atom is -0.319 e. The Balaban J connectivity index is 2.14. The molecule has 0 atom stereocenters. The van der Waals surface area contributed by atoms with Gasteiger partial charge in [-0.05, 0) is 43.9 Å². The summed E-state index contributed by atoms with van der Waals surface area (Å²) >= 11 is 1.76. The first-order valence-electron chi connectivity index (χ1n) is 5.34. The molecule has 0 bridgehead atoms. The highest BCUT2D eigenvalue weighted by Gasteiger charge is 2.37. The third-order valence-corrected chi connectivity index (χ3v) is 4.45. The lowest BCUT2D eigenvalue weighted by atomic mass is 9.78. The van der Waals surface area contributed by atoms with Gasteiger partial charge in [0.1, 0.15) is 5.01 Å². The summed E-state index contributed by atoms with van der Waals surface area (Å²) in [5, 5.41) is 1.12. The lowest BCUT2D eigenvalue weighted by Crippen LogP contribution is -2.43. The van der Waals surface area contributed by atoms with Crippen LogP contribution in [0.3, 0.4) is 0 Å². The van der Waals surface area contributed by atoms with Crippen molar-refractivity contribution in [1.29, 1.82) is 0 Å². The maximum Gasteiger partial charge on any atom is 0.114 e. The van der Waals surface area contributed by atoms with Crippen LogP contribution < -0.4 is 5.73 Å². The van der Waals surface area contributed by atoms with E-state index in [9.17, 15) is 0 Å². The normalized spacial score (nSPS) is 19.1. The summed E-state index contributed by atoms with van der Waals surface area (Å²) in [6.07, 6.45) is 3.42. The van der Waals surface area contributed by atoms with Crippen LogP contribution in [0.2, 0.25) is 0 Å². The minimum absolute atomic E-state index is 0.114. The molecule has 1 fully saturated rings. The Morgan fingerprint density at radius 2 is 2.20 bits per heavy atom. The Hall–Kier alpha value is -0.930. The van der Waals surface area contributed by atoms with Crippen molar-refractivity contribution in [3.8, 4) is 0 Å². The molecule has 1 heterocycles. The number of benzene rings is 1. The quantitative estimate of drug-likeness (QED) is 0.799. The van der Waals surface area contributed by atoms with Crippen molar-refractivity contribution in [1.82, 2.24) is 4.98 Å². The van der Waals surface area contributed by atoms with Gasteiger partial charge in [0.25, 0.3) is 0 Å². The molecule has 0 amide bonds. The number of rotatable bonds is 1. The van der Waals surface area contributed by atoms with Gasteiger partial charge >= 0.3 is 0 Å². The van der Waals surface area contributed by atoms with Crippen LogP contribution in [0.4, 0.5) is 0 Å². The molecule has 3 rings (SSSR count). The Morgan fingerprint density at radius 3 is 2.87 bits per heavy atom. The minimum atomic E-state index is -0.114. The fourth-order valence-electron chi connectivity index (χ4n) is 2.02. The second kappa shape index (κ2) is 3.03. The van der Waals surface area contributed by atoms with Gasteiger partial charge in [-0.3, -0.25) is 0 Å². The Kier molecular flexibility index (Phi) is 1.88. The number of hydrogen-bond acceptors (Lipinski definition) is 3. The summed E-state index contributed by atoms with van der Waals surface area (Å²) in [6, 6.07) is 6.39. The molecular formula is C12H14N2S. The van der Waals surface area contributed by atoms with E-state index in [1.54, 1.807) is 11.3 Å². The van der Waals surface area contributed by atoms with Gasteiger partial charge < -0.3 is 5.73 Å². The van der Waals surface area contributed by atoms with Gasteiger partial charge in [-0.2, -0.15) is 0 Å². The van der Waals surface area contributed by atoms with Crippen LogP contribution in [0.5, 0.6) is 0 Å². The zero-order valence-corrected chi connectivity index (χ0v) is 9.60. The van der Waals surface area contributed by atoms with Crippen LogP contribution in [0.25, 0.3) is 10.2 Å². The summed E-state index contributed by atoms with van der Waals surface area (Å²) in [5.41, 5.74) is 8.54. The van der Waals surface area contributed by atoms with Crippen molar-refractivity contribution in [2.45, 2.75) is 31.7 Å². The smallest absolute Gasteiger partial charge is 0.114 e. The molecule has 0 saturated heterocycles. The van der Waals surface area contributed by atoms with Crippen molar-refractivity contribution in [3.05, 3.63) is 28.8 Å². The van der Waals surface area contributed by atoms with Gasteiger partial charge in [0.05, 0.1) is 15.8 Å². The predicted molar refractivity (Wildman–Crippen MR) is 64.1 cm³/mol. The highest BCUT2D eigenvalue weighted by atomic mass is 32.1. The Labute approximate surface area is 93.1 Å². The summed E-state index contributed by atoms with van der Waals surface area (Å²) in [6.45, 7) is 2.11. The lowest BCUT2D eigenvalue weighted by Gasteiger charge is -2.35. The molecule has 1 aromatic carbocycles. The number of hydrogen-bond donors (Lipinski definition) is 1. The summed E-state index contributed by atoms with van der Waals surface area (Å²) < 4.78 is 1.27. The van der Waals surface area contributed by atoms with Gasteiger partial charge in [-0.25, -0.2) is 4.98 Å². The largest absolute Gasteiger partial charge is 0.319 e. The first-order valence-corrected chi connectivity index (χ1v) is 6.16. The summed E-state index contributed by atoms with van der Waals surface area (Å²) in [5.74, 6) is 0. The van der Waals surface area contributed by atoms with Gasteiger partial charge in [0.2, 0.25) is 0 Å². The highest BCUT2D eigenvalue weighted by molar-refractivity contribution is 7.18. The second-order valence-electron chi connectivity index (χ2n) is 4.50. The van der Waals surface area contributed by atoms with E-state index in [1.165, 1.54) is 16.7 Å². The van der Waals surface area contributed by atoms with Crippen LogP contribution in [-0.4, -0.2) is 4.98 Å². The van der Waals surface area contributed by atoms with Crippen LogP contribution in [0.15, 0.2) is 18.2 Å². The summed E-state index contributed by atoms with van der Waals surface area (Å²) in [7, 11) is 0. The van der Waals surface area contributed by atoms with Crippen molar-refractivity contribution in [2.24, 2.45) is 5.73 Å². The maximum atomic E-state index is 6.27. The molecule has 0 aliphatic heterocycles. The van der Waals surface area contributed by atoms with E-state index in [2.05, 4.69) is 30.1 Å². The number of aryl methyl sites for hydroxylation is 1. The van der Waals surface area contributed by atoms with Crippen molar-refractivity contribution in [3.63, 3.8) is 0 Å². The zero-order valence-electron chi connectivity index (χ0n) is 8.79. The molecule has 1 aliphatic rings. The lowest BCUT2D eigenvalue weighted by molar-refractivity contribution is 0.253. The van der Waals surface area contributed by atoms with E-state index in [-0.39, 0.29) is 5.54 Å². The molecule has 15 heavy (non-hydrogen) atoms. The number of fused-ring (bicyclic) bond motifs is 1. The third kappa shape index (κ3) is 1.38. The topological polar surface area (TPSA) is 38.9 Å². The molecule has 2 N–H and O–H groups in total. The first-order chi connectivity index (χ1) is 7.17. The van der Waals surface area contributed by atoms with Crippen LogP contribution >= 0.6 is 11.3 Å². The van der Waals surface area contributed by atoms with Crippen LogP contribution in [0, 0.1) is 6.92 Å². The van der Waals surface area contributed by atoms with E-state index in [0.717, 1.165) is 23.4 Å². The number of aromatic nitrogens is 1. The Bertz CT molecular complexity index is 511. The number of nitrogens with zero attached hydrogens (tertiary/aromatic N) is 1. The monoisotopic (exact) mass is 218 g/mol. The van der Waals surface area contributed by atoms with E-state index < -0.39 is 0 Å². The van der Waals surface area contributed by atoms with E-state index >= 15 is 0 Å². The van der Waals surface area contributed by atoms with Gasteiger partial charge in [0, 0.05) is 0 Å². The molecule has 1 saturated carbocycles. The maximum absolute atomic E-state index is 6.27. The van der Waals surface area contributed by atoms with Crippen molar-refractivity contribution >= 4 is 21.6 Å². The molecular weight excluding hydrogens is 204 g/mol. The molecule has 1 aliphatic carbocycles. The zero-order chi connectivity index (χ0) is 10.5. The average molecular weight is 218 g/mol. The molecule has 1 aromatic heterocycles. The first kappa shape index (κ1) is 9.31. The second-order valence-corrected chi connectivity index (χ2v) is 5.53. The van der Waals surface area contributed by atoms with E-state index in [1.807, 2.05) is 0 Å². The van der Waals surface area contributed by atoms with E-state index in [4.69, 9.17) is 5.73 Å². The predicted octanol–water partition coefficient (Wildman–Crippen LogP) is 2.94. The fourth-order valence-corrected chi connectivity index (χ4v) is 3.24. The van der Waals surface area contributed by atoms with Gasteiger partial charge in [-0.15, -0.1) is 11.3 Å². The van der Waals surface area contributed by atoms with Crippen LogP contribution in [0.1, 0.15) is 29.8 Å². The molecule has 0 unspecified atom stereocenters. The standard InChI is InChI=1S/C12H14N2S/c1-8-3-4-9-10(7-8)15-11(14-9)12(13)5-2-6-12/h3-4,7H,2,5-6,13H2,1H3. The van der Waals surface area contributed by atoms with Crippen molar-refractivity contribution in [2.75, 3.05) is 0 Å². The summed E-state index contributed by atoms with van der Waals surface area (Å²) in [4.78, 5) is 4.64. The average Bonchev–Trinajstić information content (AvgIpc) is 2.57. The highest BCUT2D eigenvalue weighted by Crippen LogP contribution is 2.41.